The van der Waals surface area contributed by atoms with Crippen molar-refractivity contribution in [2.45, 2.75) is 13.0 Å². The maximum absolute atomic E-state index is 12.1. The monoisotopic (exact) mass is 217 g/mol. The van der Waals surface area contributed by atoms with Gasteiger partial charge in [0.1, 0.15) is 6.29 Å². The standard InChI is InChI=1S/C13H15NO2/c1-3-9-14(11(2)10-15)13(16)12-7-5-4-6-8-12/h3-8,10-11H,1,9H2,2H3. The lowest BCUT2D eigenvalue weighted by atomic mass is 10.1. The van der Waals surface area contributed by atoms with Gasteiger partial charge in [-0.05, 0) is 19.1 Å². The first kappa shape index (κ1) is 12.2. The molecule has 0 aliphatic heterocycles. The summed E-state index contributed by atoms with van der Waals surface area (Å²) in [5.41, 5.74) is 0.582. The second-order valence-corrected chi connectivity index (χ2v) is 3.49. The summed E-state index contributed by atoms with van der Waals surface area (Å²) in [7, 11) is 0. The Balaban J connectivity index is 2.91. The van der Waals surface area contributed by atoms with Gasteiger partial charge in [0.15, 0.2) is 0 Å². The summed E-state index contributed by atoms with van der Waals surface area (Å²) in [4.78, 5) is 24.3. The number of benzene rings is 1. The molecule has 3 nitrogen and oxygen atoms in total. The molecule has 1 atom stereocenters. The highest BCUT2D eigenvalue weighted by Gasteiger charge is 2.19. The van der Waals surface area contributed by atoms with Gasteiger partial charge in [0.05, 0.1) is 6.04 Å². The Morgan fingerprint density at radius 3 is 2.56 bits per heavy atom. The second-order valence-electron chi connectivity index (χ2n) is 3.49. The van der Waals surface area contributed by atoms with E-state index in [1.54, 1.807) is 37.3 Å². The normalized spacial score (nSPS) is 11.6. The summed E-state index contributed by atoms with van der Waals surface area (Å²) in [5, 5.41) is 0. The number of nitrogens with zero attached hydrogens (tertiary/aromatic N) is 1. The van der Waals surface area contributed by atoms with Crippen molar-refractivity contribution in [2.24, 2.45) is 0 Å². The third kappa shape index (κ3) is 2.79. The van der Waals surface area contributed by atoms with E-state index in [0.717, 1.165) is 6.29 Å². The molecule has 0 heterocycles. The van der Waals surface area contributed by atoms with Crippen LogP contribution in [-0.2, 0) is 4.79 Å². The molecule has 0 saturated heterocycles. The van der Waals surface area contributed by atoms with Gasteiger partial charge in [0.25, 0.3) is 5.91 Å². The predicted octanol–water partition coefficient (Wildman–Crippen LogP) is 1.90. The first-order valence-electron chi connectivity index (χ1n) is 5.13. The summed E-state index contributed by atoms with van der Waals surface area (Å²) in [6, 6.07) is 8.46. The van der Waals surface area contributed by atoms with Crippen LogP contribution < -0.4 is 0 Å². The third-order valence-electron chi connectivity index (χ3n) is 2.30. The van der Waals surface area contributed by atoms with Gasteiger partial charge in [0, 0.05) is 12.1 Å². The molecule has 0 aliphatic rings. The van der Waals surface area contributed by atoms with E-state index in [1.807, 2.05) is 6.07 Å². The number of hydrogen-bond donors (Lipinski definition) is 0. The van der Waals surface area contributed by atoms with Gasteiger partial charge >= 0.3 is 0 Å². The van der Waals surface area contributed by atoms with E-state index in [2.05, 4.69) is 6.58 Å². The van der Waals surface area contributed by atoms with Crippen molar-refractivity contribution in [1.29, 1.82) is 0 Å². The van der Waals surface area contributed by atoms with Crippen LogP contribution in [0.1, 0.15) is 17.3 Å². The Hall–Kier alpha value is -1.90. The molecule has 1 unspecified atom stereocenters. The van der Waals surface area contributed by atoms with Crippen LogP contribution in [0.4, 0.5) is 0 Å². The van der Waals surface area contributed by atoms with Crippen LogP contribution in [0.5, 0.6) is 0 Å². The molecule has 0 N–H and O–H groups in total. The Morgan fingerprint density at radius 1 is 1.44 bits per heavy atom. The first-order valence-corrected chi connectivity index (χ1v) is 5.13. The van der Waals surface area contributed by atoms with Crippen molar-refractivity contribution in [3.63, 3.8) is 0 Å². The van der Waals surface area contributed by atoms with Crippen LogP contribution in [0.15, 0.2) is 43.0 Å². The molecule has 0 fully saturated rings. The molecule has 0 saturated carbocycles. The Kier molecular flexibility index (Phi) is 4.45. The Labute approximate surface area is 95.4 Å². The smallest absolute Gasteiger partial charge is 0.254 e. The fourth-order valence-electron chi connectivity index (χ4n) is 1.39. The van der Waals surface area contributed by atoms with Gasteiger partial charge < -0.3 is 9.69 Å². The zero-order valence-corrected chi connectivity index (χ0v) is 9.30. The molecule has 1 aromatic carbocycles. The molecular formula is C13H15NO2. The van der Waals surface area contributed by atoms with Crippen molar-refractivity contribution in [1.82, 2.24) is 4.90 Å². The van der Waals surface area contributed by atoms with Gasteiger partial charge in [-0.15, -0.1) is 6.58 Å². The molecule has 0 bridgehead atoms. The molecule has 3 heteroatoms. The summed E-state index contributed by atoms with van der Waals surface area (Å²) in [5.74, 6) is -0.153. The van der Waals surface area contributed by atoms with Crippen LogP contribution >= 0.6 is 0 Å². The molecule has 84 valence electrons. The maximum Gasteiger partial charge on any atom is 0.254 e. The molecule has 16 heavy (non-hydrogen) atoms. The van der Waals surface area contributed by atoms with Crippen LogP contribution in [0, 0.1) is 0 Å². The molecule has 1 aromatic rings. The maximum atomic E-state index is 12.1. The SMILES string of the molecule is C=CCN(C(=O)c1ccccc1)C(C)C=O. The van der Waals surface area contributed by atoms with Gasteiger partial charge in [-0.3, -0.25) is 4.79 Å². The molecule has 1 amide bonds. The van der Waals surface area contributed by atoms with Gasteiger partial charge in [-0.1, -0.05) is 24.3 Å². The van der Waals surface area contributed by atoms with E-state index in [1.165, 1.54) is 4.90 Å². The van der Waals surface area contributed by atoms with Crippen molar-refractivity contribution < 1.29 is 9.59 Å². The zero-order chi connectivity index (χ0) is 12.0. The largest absolute Gasteiger partial charge is 0.325 e. The van der Waals surface area contributed by atoms with Gasteiger partial charge in [0.2, 0.25) is 0 Å². The number of carbonyl (C=O) groups is 2. The Bertz CT molecular complexity index is 373. The lowest BCUT2D eigenvalue weighted by Crippen LogP contribution is -2.39. The minimum Gasteiger partial charge on any atom is -0.325 e. The second kappa shape index (κ2) is 5.85. The Morgan fingerprint density at radius 2 is 2.06 bits per heavy atom. The average molecular weight is 217 g/mol. The molecular weight excluding hydrogens is 202 g/mol. The van der Waals surface area contributed by atoms with E-state index < -0.39 is 6.04 Å². The topological polar surface area (TPSA) is 37.4 Å². The van der Waals surface area contributed by atoms with Crippen molar-refractivity contribution in [3.05, 3.63) is 48.6 Å². The number of carbonyl (C=O) groups excluding carboxylic acids is 2. The predicted molar refractivity (Wildman–Crippen MR) is 63.2 cm³/mol. The molecule has 0 radical (unpaired) electrons. The van der Waals surface area contributed by atoms with Crippen LogP contribution in [0.25, 0.3) is 0 Å². The van der Waals surface area contributed by atoms with Crippen LogP contribution in [0.3, 0.4) is 0 Å². The highest BCUT2D eigenvalue weighted by molar-refractivity contribution is 5.95. The van der Waals surface area contributed by atoms with E-state index in [9.17, 15) is 9.59 Å². The molecule has 0 aliphatic carbocycles. The average Bonchev–Trinajstić information content (AvgIpc) is 2.35. The molecule has 1 rings (SSSR count). The van der Waals surface area contributed by atoms with Crippen LogP contribution in [0.2, 0.25) is 0 Å². The first-order chi connectivity index (χ1) is 7.70. The number of aldehydes is 1. The van der Waals surface area contributed by atoms with E-state index in [-0.39, 0.29) is 5.91 Å². The summed E-state index contributed by atoms with van der Waals surface area (Å²) >= 11 is 0. The van der Waals surface area contributed by atoms with E-state index in [0.29, 0.717) is 12.1 Å². The zero-order valence-electron chi connectivity index (χ0n) is 9.30. The lowest BCUT2D eigenvalue weighted by molar-refractivity contribution is -0.111. The third-order valence-corrected chi connectivity index (χ3v) is 2.30. The number of rotatable bonds is 5. The van der Waals surface area contributed by atoms with Crippen molar-refractivity contribution >= 4 is 12.2 Å². The van der Waals surface area contributed by atoms with Gasteiger partial charge in [-0.2, -0.15) is 0 Å². The number of amides is 1. The fourth-order valence-corrected chi connectivity index (χ4v) is 1.39. The molecule has 0 spiro atoms. The van der Waals surface area contributed by atoms with E-state index in [4.69, 9.17) is 0 Å². The van der Waals surface area contributed by atoms with Crippen LogP contribution in [-0.4, -0.2) is 29.7 Å². The fraction of sp³-hybridized carbons (Fsp3) is 0.231. The minimum atomic E-state index is -0.439. The van der Waals surface area contributed by atoms with Gasteiger partial charge in [-0.25, -0.2) is 0 Å². The highest BCUT2D eigenvalue weighted by atomic mass is 16.2. The minimum absolute atomic E-state index is 0.153. The number of hydrogen-bond acceptors (Lipinski definition) is 2. The summed E-state index contributed by atoms with van der Waals surface area (Å²) < 4.78 is 0. The highest BCUT2D eigenvalue weighted by Crippen LogP contribution is 2.07. The summed E-state index contributed by atoms with van der Waals surface area (Å²) in [6.45, 7) is 5.64. The lowest BCUT2D eigenvalue weighted by Gasteiger charge is -2.24. The van der Waals surface area contributed by atoms with Crippen molar-refractivity contribution in [3.8, 4) is 0 Å². The molecule has 0 aromatic heterocycles. The van der Waals surface area contributed by atoms with Crippen molar-refractivity contribution in [2.75, 3.05) is 6.54 Å². The quantitative estimate of drug-likeness (QED) is 0.558. The summed E-state index contributed by atoms with van der Waals surface area (Å²) in [6.07, 6.45) is 2.37. The van der Waals surface area contributed by atoms with E-state index >= 15 is 0 Å².